The maximum Gasteiger partial charge on any atom is 0.266 e. The lowest BCUT2D eigenvalue weighted by Gasteiger charge is -2.14. The van der Waals surface area contributed by atoms with Gasteiger partial charge in [-0.15, -0.1) is 0 Å². The molecule has 1 saturated heterocycles. The van der Waals surface area contributed by atoms with Crippen molar-refractivity contribution < 1.29 is 14.3 Å². The van der Waals surface area contributed by atoms with Crippen molar-refractivity contribution in [3.05, 3.63) is 65.1 Å². The quantitative estimate of drug-likeness (QED) is 0.725. The van der Waals surface area contributed by atoms with Gasteiger partial charge in [-0.25, -0.2) is 4.99 Å². The van der Waals surface area contributed by atoms with Crippen LogP contribution in [0.2, 0.25) is 0 Å². The van der Waals surface area contributed by atoms with Gasteiger partial charge in [0, 0.05) is 7.11 Å². The van der Waals surface area contributed by atoms with E-state index in [0.717, 1.165) is 17.0 Å². The summed E-state index contributed by atoms with van der Waals surface area (Å²) in [4.78, 5) is 19.7. The summed E-state index contributed by atoms with van der Waals surface area (Å²) in [6.45, 7) is 0.921. The normalized spacial score (nSPS) is 17.3. The first kappa shape index (κ1) is 18.2. The molecule has 5 nitrogen and oxygen atoms in total. The van der Waals surface area contributed by atoms with E-state index in [2.05, 4.69) is 4.99 Å². The Balaban J connectivity index is 1.89. The molecule has 0 atom stereocenters. The number of amidine groups is 1. The Kier molecular flexibility index (Phi) is 6.09. The average Bonchev–Trinajstić information content (AvgIpc) is 2.96. The van der Waals surface area contributed by atoms with Crippen molar-refractivity contribution in [2.45, 2.75) is 0 Å². The molecule has 2 aromatic rings. The molecule has 2 aromatic carbocycles. The average molecular weight is 368 g/mol. The summed E-state index contributed by atoms with van der Waals surface area (Å²) in [6, 6.07) is 17.2. The first-order chi connectivity index (χ1) is 12.7. The number of benzene rings is 2. The molecule has 6 heteroatoms. The maximum absolute atomic E-state index is 12.8. The van der Waals surface area contributed by atoms with E-state index in [1.165, 1.54) is 11.8 Å². The van der Waals surface area contributed by atoms with Crippen molar-refractivity contribution in [1.82, 2.24) is 4.90 Å². The number of amides is 1. The number of para-hydroxylation sites is 1. The van der Waals surface area contributed by atoms with E-state index in [1.807, 2.05) is 60.7 Å². The molecular formula is C20H20N2O3S. The molecule has 0 unspecified atom stereocenters. The number of rotatable bonds is 6. The Bertz CT molecular complexity index is 817. The number of hydrogen-bond acceptors (Lipinski definition) is 5. The molecule has 0 N–H and O–H groups in total. The van der Waals surface area contributed by atoms with Crippen LogP contribution < -0.4 is 4.74 Å². The van der Waals surface area contributed by atoms with Crippen molar-refractivity contribution >= 4 is 34.6 Å². The first-order valence-corrected chi connectivity index (χ1v) is 9.01. The third-order valence-corrected chi connectivity index (χ3v) is 4.81. The predicted molar refractivity (Wildman–Crippen MR) is 106 cm³/mol. The summed E-state index contributed by atoms with van der Waals surface area (Å²) in [7, 11) is 3.25. The zero-order valence-electron chi connectivity index (χ0n) is 14.7. The van der Waals surface area contributed by atoms with E-state index in [1.54, 1.807) is 19.1 Å². The van der Waals surface area contributed by atoms with Crippen molar-refractivity contribution in [3.8, 4) is 5.75 Å². The first-order valence-electron chi connectivity index (χ1n) is 8.19. The van der Waals surface area contributed by atoms with Gasteiger partial charge in [0.05, 0.1) is 30.9 Å². The monoisotopic (exact) mass is 368 g/mol. The number of carbonyl (C=O) groups excluding carboxylic acids is 1. The zero-order chi connectivity index (χ0) is 18.4. The van der Waals surface area contributed by atoms with Crippen LogP contribution in [-0.4, -0.2) is 43.3 Å². The second-order valence-electron chi connectivity index (χ2n) is 5.56. The van der Waals surface area contributed by atoms with Crippen LogP contribution in [0.1, 0.15) is 5.56 Å². The number of carbonyl (C=O) groups is 1. The van der Waals surface area contributed by atoms with Gasteiger partial charge in [0.15, 0.2) is 5.17 Å². The number of aliphatic imine (C=N–C) groups is 1. The minimum atomic E-state index is -0.0578. The fourth-order valence-electron chi connectivity index (χ4n) is 2.44. The summed E-state index contributed by atoms with van der Waals surface area (Å²) in [5.41, 5.74) is 1.75. The molecule has 3 rings (SSSR count). The van der Waals surface area contributed by atoms with Crippen molar-refractivity contribution in [2.75, 3.05) is 27.4 Å². The van der Waals surface area contributed by atoms with Crippen LogP contribution in [0.5, 0.6) is 5.75 Å². The molecule has 1 fully saturated rings. The highest BCUT2D eigenvalue weighted by molar-refractivity contribution is 8.18. The molecule has 1 heterocycles. The van der Waals surface area contributed by atoms with Gasteiger partial charge in [-0.2, -0.15) is 0 Å². The lowest BCUT2D eigenvalue weighted by Crippen LogP contribution is -2.32. The summed E-state index contributed by atoms with van der Waals surface area (Å²) in [6.07, 6.45) is 1.87. The van der Waals surface area contributed by atoms with Crippen LogP contribution in [-0.2, 0) is 9.53 Å². The topological polar surface area (TPSA) is 51.1 Å². The minimum absolute atomic E-state index is 0.0578. The molecule has 1 aliphatic heterocycles. The molecule has 26 heavy (non-hydrogen) atoms. The molecule has 0 radical (unpaired) electrons. The Morgan fingerprint density at radius 2 is 1.81 bits per heavy atom. The highest BCUT2D eigenvalue weighted by atomic mass is 32.2. The third kappa shape index (κ3) is 4.33. The van der Waals surface area contributed by atoms with Crippen LogP contribution in [0.4, 0.5) is 5.69 Å². The SMILES string of the molecule is COCCN1C(=O)C(=Cc2ccc(OC)cc2)SC1=Nc1ccccc1. The number of methoxy groups -OCH3 is 2. The molecule has 134 valence electrons. The van der Waals surface area contributed by atoms with E-state index in [-0.39, 0.29) is 5.91 Å². The van der Waals surface area contributed by atoms with Gasteiger partial charge in [-0.05, 0) is 47.7 Å². The molecule has 0 saturated carbocycles. The standard InChI is InChI=1S/C20H20N2O3S/c1-24-13-12-22-19(23)18(14-15-8-10-17(25-2)11-9-15)26-20(22)21-16-6-4-3-5-7-16/h3-11,14H,12-13H2,1-2H3. The number of nitrogens with zero attached hydrogens (tertiary/aromatic N) is 2. The summed E-state index contributed by atoms with van der Waals surface area (Å²) < 4.78 is 10.3. The van der Waals surface area contributed by atoms with Gasteiger partial charge in [0.2, 0.25) is 0 Å². The highest BCUT2D eigenvalue weighted by Crippen LogP contribution is 2.34. The third-order valence-electron chi connectivity index (χ3n) is 3.80. The number of ether oxygens (including phenoxy) is 2. The fourth-order valence-corrected chi connectivity index (χ4v) is 3.46. The molecule has 0 bridgehead atoms. The van der Waals surface area contributed by atoms with Crippen molar-refractivity contribution in [1.29, 1.82) is 0 Å². The van der Waals surface area contributed by atoms with Crippen LogP contribution in [0.15, 0.2) is 64.5 Å². The van der Waals surface area contributed by atoms with Crippen LogP contribution in [0.3, 0.4) is 0 Å². The van der Waals surface area contributed by atoms with Crippen molar-refractivity contribution in [2.24, 2.45) is 4.99 Å². The van der Waals surface area contributed by atoms with Crippen LogP contribution >= 0.6 is 11.8 Å². The lowest BCUT2D eigenvalue weighted by atomic mass is 10.2. The maximum atomic E-state index is 12.8. The Labute approximate surface area is 157 Å². The molecule has 0 spiro atoms. The van der Waals surface area contributed by atoms with Gasteiger partial charge in [-0.3, -0.25) is 9.69 Å². The lowest BCUT2D eigenvalue weighted by molar-refractivity contribution is -0.122. The van der Waals surface area contributed by atoms with E-state index in [9.17, 15) is 4.79 Å². The Hall–Kier alpha value is -2.57. The van der Waals surface area contributed by atoms with Crippen LogP contribution in [0, 0.1) is 0 Å². The van der Waals surface area contributed by atoms with E-state index < -0.39 is 0 Å². The number of hydrogen-bond donors (Lipinski definition) is 0. The summed E-state index contributed by atoms with van der Waals surface area (Å²) in [5.74, 6) is 0.725. The summed E-state index contributed by atoms with van der Waals surface area (Å²) in [5, 5.41) is 0.665. The second-order valence-corrected chi connectivity index (χ2v) is 6.57. The van der Waals surface area contributed by atoms with E-state index in [0.29, 0.717) is 23.2 Å². The zero-order valence-corrected chi connectivity index (χ0v) is 15.5. The molecule has 0 aliphatic carbocycles. The largest absolute Gasteiger partial charge is 0.497 e. The second kappa shape index (κ2) is 8.69. The Morgan fingerprint density at radius 1 is 1.08 bits per heavy atom. The molecule has 1 amide bonds. The van der Waals surface area contributed by atoms with E-state index >= 15 is 0 Å². The van der Waals surface area contributed by atoms with Gasteiger partial charge in [-0.1, -0.05) is 30.3 Å². The van der Waals surface area contributed by atoms with Gasteiger partial charge < -0.3 is 9.47 Å². The fraction of sp³-hybridized carbons (Fsp3) is 0.200. The molecule has 1 aliphatic rings. The van der Waals surface area contributed by atoms with Gasteiger partial charge in [0.25, 0.3) is 5.91 Å². The van der Waals surface area contributed by atoms with Crippen LogP contribution in [0.25, 0.3) is 6.08 Å². The number of thioether (sulfide) groups is 1. The molecular weight excluding hydrogens is 348 g/mol. The van der Waals surface area contributed by atoms with E-state index in [4.69, 9.17) is 9.47 Å². The highest BCUT2D eigenvalue weighted by Gasteiger charge is 2.33. The van der Waals surface area contributed by atoms with Gasteiger partial charge >= 0.3 is 0 Å². The Morgan fingerprint density at radius 3 is 2.46 bits per heavy atom. The summed E-state index contributed by atoms with van der Waals surface area (Å²) >= 11 is 1.38. The molecule has 0 aromatic heterocycles. The van der Waals surface area contributed by atoms with Gasteiger partial charge in [0.1, 0.15) is 5.75 Å². The predicted octanol–water partition coefficient (Wildman–Crippen LogP) is 3.95. The minimum Gasteiger partial charge on any atom is -0.497 e. The smallest absolute Gasteiger partial charge is 0.266 e. The van der Waals surface area contributed by atoms with Crippen molar-refractivity contribution in [3.63, 3.8) is 0 Å².